The van der Waals surface area contributed by atoms with E-state index in [1.165, 1.54) is 41.0 Å². The number of nitrogen functional groups attached to an aromatic ring is 1. The number of phosphoric acid groups is 1. The van der Waals surface area contributed by atoms with Crippen molar-refractivity contribution in [2.75, 3.05) is 92.5 Å². The van der Waals surface area contributed by atoms with Crippen LogP contribution < -0.4 is 27.1 Å². The van der Waals surface area contributed by atoms with E-state index in [-0.39, 0.29) is 47.7 Å². The summed E-state index contributed by atoms with van der Waals surface area (Å²) in [5, 5.41) is 33.0. The quantitative estimate of drug-likeness (QED) is 0.0117. The van der Waals surface area contributed by atoms with Crippen LogP contribution in [0.1, 0.15) is 83.0 Å². The van der Waals surface area contributed by atoms with Crippen molar-refractivity contribution in [3.05, 3.63) is 33.4 Å². The average molecular weight is 1290 g/mol. The van der Waals surface area contributed by atoms with Gasteiger partial charge in [-0.25, -0.2) is 56.1 Å². The van der Waals surface area contributed by atoms with Gasteiger partial charge in [0.05, 0.1) is 57.3 Å². The third kappa shape index (κ3) is 19.6. The summed E-state index contributed by atoms with van der Waals surface area (Å²) in [5.41, 5.74) is 2.16. The van der Waals surface area contributed by atoms with Crippen molar-refractivity contribution in [2.45, 2.75) is 118 Å². The highest BCUT2D eigenvalue weighted by molar-refractivity contribution is 8.50. The zero-order valence-electron chi connectivity index (χ0n) is 49.5. The van der Waals surface area contributed by atoms with E-state index in [1.54, 1.807) is 46.4 Å². The molecule has 0 spiro atoms. The minimum atomic E-state index is -4.76. The molecule has 11 N–H and O–H groups in total. The van der Waals surface area contributed by atoms with Gasteiger partial charge in [-0.3, -0.25) is 42.8 Å². The number of rotatable bonds is 25. The molecule has 6 rings (SSSR count). The summed E-state index contributed by atoms with van der Waals surface area (Å²) < 4.78 is 119. The van der Waals surface area contributed by atoms with E-state index in [2.05, 4.69) is 75.1 Å². The fourth-order valence-corrected chi connectivity index (χ4v) is 10.5. The molecule has 4 aromatic heterocycles. The van der Waals surface area contributed by atoms with Gasteiger partial charge in [0.15, 0.2) is 47.1 Å². The molecule has 2 saturated heterocycles. The predicted octanol–water partition coefficient (Wildman–Crippen LogP) is 1.73. The highest BCUT2D eigenvalue weighted by Crippen LogP contribution is 2.74. The van der Waals surface area contributed by atoms with Gasteiger partial charge in [0, 0.05) is 22.1 Å². The molecule has 0 aliphatic carbocycles. The number of phosphoric ester groups is 1. The second-order valence-corrected chi connectivity index (χ2v) is 29.4. The maximum absolute atomic E-state index is 15.4. The number of quaternary nitrogens is 1. The van der Waals surface area contributed by atoms with E-state index < -0.39 is 141 Å². The molecule has 480 valence electrons. The normalized spacial score (nSPS) is 23.7. The van der Waals surface area contributed by atoms with Gasteiger partial charge in [-0.15, -0.1) is 0 Å². The summed E-state index contributed by atoms with van der Waals surface area (Å²) >= 11 is 0. The first-order valence-corrected chi connectivity index (χ1v) is 31.9. The van der Waals surface area contributed by atoms with Crippen molar-refractivity contribution in [2.24, 2.45) is 10.8 Å². The lowest BCUT2D eigenvalue weighted by molar-refractivity contribution is -0.894. The molecule has 0 aromatic carbocycles. The summed E-state index contributed by atoms with van der Waals surface area (Å²) in [6, 6.07) is 0. The largest absolute Gasteiger partial charge is 0.480 e. The number of aromatic amines is 2. The number of hydrogen-bond acceptors (Lipinski definition) is 28. The van der Waals surface area contributed by atoms with Gasteiger partial charge < -0.3 is 64.6 Å². The third-order valence-corrected chi connectivity index (χ3v) is 17.7. The molecular weight excluding hydrogens is 1210 g/mol. The van der Waals surface area contributed by atoms with Crippen LogP contribution in [0.15, 0.2) is 22.2 Å². The lowest BCUT2D eigenvalue weighted by atomic mass is 9.98. The summed E-state index contributed by atoms with van der Waals surface area (Å²) in [6.07, 6.45) is -8.82. The number of nitrogens with two attached hydrogens (primary N) is 1. The zero-order valence-corrected chi connectivity index (χ0v) is 52.3. The number of hydrogen-bond donors (Lipinski definition) is 8. The van der Waals surface area contributed by atoms with Crippen molar-refractivity contribution in [1.82, 2.24) is 39.0 Å². The summed E-state index contributed by atoms with van der Waals surface area (Å²) in [4.78, 5) is 86.1. The highest BCUT2D eigenvalue weighted by atomic mass is 32.5. The molecule has 40 heteroatoms. The molecule has 34 nitrogen and oxygen atoms in total. The van der Waals surface area contributed by atoms with Crippen LogP contribution in [0.25, 0.3) is 22.3 Å². The Labute approximate surface area is 485 Å². The molecule has 2 unspecified atom stereocenters. The SMILES string of the molecule is CC[NH+](CC)CC.COOPP(=O)([OH2+])POOC.CO[C@]1(COP(=O)(OCOC(=O)C(C)(C)C)OCOC(=O)C(C)(C)C)O[C@@H](n2cnc3c(=O)[nH]c(N)nc32)[C@H](F)[C@@H]1O.[3H]CCNc1nc2c(ncn2[C@@H]2O[C@@](CO)(OC)[C@@H](O)[C@H]2F)c(=O)[nH]1. The third-order valence-electron chi connectivity index (χ3n) is 11.8. The number of ether oxygens (including phenoxy) is 6. The number of nitrogens with one attached hydrogen (secondary N) is 4. The Kier molecular flexibility index (Phi) is 28.1. The van der Waals surface area contributed by atoms with Crippen LogP contribution in [0.5, 0.6) is 0 Å². The number of anilines is 2. The Hall–Kier alpha value is -4.22. The molecule has 0 bridgehead atoms. The highest BCUT2D eigenvalue weighted by Gasteiger charge is 2.59. The van der Waals surface area contributed by atoms with Crippen LogP contribution in [0.3, 0.4) is 0 Å². The number of halogens is 2. The standard InChI is InChI=1S/C23H35FN5O12P.C13H18FN5O5.C6H15N.C2H9O6P3/c1-21(2,3)18(32)36-10-39-42(34,40-11-37-19(33)22(4,5)6)38-8-23(35-7)14(30)12(24)17(41-23)29-9-26-13-15(29)27-20(25)28-16(13)31;1-3-15-12-17-9-7(10(22)18-12)16-5-19(9)11-6(14)8(21)13(4-20,23-2)24-11;1-4-7(5-2)6-3;1-5-7-9-11(3,4)10-8-6-2/h9,12,14,17,30H,8,10-11H2,1-7H3,(H3,25,27,28,31);5-6,8,11,20-21H,3-4H2,1-2H3,(H2,15,17,18,22);4-6H2,1-3H3;9-10H,1-2H3,(H,3,4)/p+2/t12-,14+,17-,23-;6-,8+,11-,13-;;/m11../s1/i;1T;;. The maximum Gasteiger partial charge on any atom is 0.480 e. The molecule has 4 aromatic rings. The van der Waals surface area contributed by atoms with Gasteiger partial charge in [-0.05, 0) is 69.2 Å². The number of aliphatic hydroxyl groups excluding tert-OH is 3. The Morgan fingerprint density at radius 1 is 0.810 bits per heavy atom. The molecular formula is C44H79F2N11O23P4+2. The molecule has 6 heterocycles. The fourth-order valence-electron chi connectivity index (χ4n) is 7.00. The number of alkyl halides is 2. The number of H-pyrrole nitrogens is 2. The molecule has 0 saturated carbocycles. The number of carbonyl (C=O) groups excluding carboxylic acids is 2. The van der Waals surface area contributed by atoms with Crippen LogP contribution in [0, 0.1) is 10.8 Å². The summed E-state index contributed by atoms with van der Waals surface area (Å²) in [7, 11) is -1.02. The molecule has 0 amide bonds. The first kappa shape index (κ1) is 72.3. The first-order valence-electron chi connectivity index (χ1n) is 25.9. The minimum Gasteiger partial charge on any atom is -0.437 e. The Balaban J connectivity index is 0.000000367. The molecule has 10 atom stereocenters. The number of imidazole rings is 2. The van der Waals surface area contributed by atoms with Gasteiger partial charge in [-0.1, -0.05) is 0 Å². The van der Waals surface area contributed by atoms with Gasteiger partial charge >= 0.3 is 26.5 Å². The van der Waals surface area contributed by atoms with Gasteiger partial charge in [0.1, 0.15) is 25.4 Å². The summed E-state index contributed by atoms with van der Waals surface area (Å²) in [5.74, 6) is -5.84. The number of esters is 2. The van der Waals surface area contributed by atoms with Crippen LogP contribution in [-0.2, 0) is 79.8 Å². The Morgan fingerprint density at radius 2 is 1.25 bits per heavy atom. The number of methoxy groups -OCH3 is 2. The van der Waals surface area contributed by atoms with Crippen molar-refractivity contribution < 1.29 is 115 Å². The van der Waals surface area contributed by atoms with E-state index in [1.807, 2.05) is 0 Å². The van der Waals surface area contributed by atoms with E-state index in [0.29, 0.717) is 0 Å². The molecule has 2 aliphatic heterocycles. The van der Waals surface area contributed by atoms with Gasteiger partial charge in [0.2, 0.25) is 54.0 Å². The number of carbonyl (C=O) groups is 2. The monoisotopic (exact) mass is 1290 g/mol. The molecule has 0 radical (unpaired) electrons. The van der Waals surface area contributed by atoms with Gasteiger partial charge in [0.25, 0.3) is 11.1 Å². The average Bonchev–Trinajstić information content (AvgIpc) is 1.79. The zero-order chi connectivity index (χ0) is 64.3. The second-order valence-electron chi connectivity index (χ2n) is 19.6. The number of aliphatic hydroxyl groups is 3. The Morgan fingerprint density at radius 3 is 1.64 bits per heavy atom. The van der Waals surface area contributed by atoms with Crippen LogP contribution >= 0.6 is 31.6 Å². The van der Waals surface area contributed by atoms with Crippen molar-refractivity contribution >= 4 is 77.7 Å². The minimum absolute atomic E-state index is 0.0286. The Bertz CT molecular complexity index is 2910. The van der Waals surface area contributed by atoms with Crippen molar-refractivity contribution in [3.8, 4) is 0 Å². The molecule has 84 heavy (non-hydrogen) atoms. The fraction of sp³-hybridized carbons (Fsp3) is 0.727. The van der Waals surface area contributed by atoms with Gasteiger partial charge in [-0.2, -0.15) is 9.97 Å². The van der Waals surface area contributed by atoms with E-state index in [0.717, 1.165) is 28.9 Å². The predicted molar refractivity (Wildman–Crippen MR) is 297 cm³/mol. The number of nitrogens with zero attached hydrogens (tertiary/aromatic N) is 6. The lowest BCUT2D eigenvalue weighted by Gasteiger charge is -2.31. The smallest absolute Gasteiger partial charge is 0.437 e. The van der Waals surface area contributed by atoms with Crippen LogP contribution in [0.2, 0.25) is 0 Å². The lowest BCUT2D eigenvalue weighted by Crippen LogP contribution is -3.11. The second kappa shape index (κ2) is 32.7. The van der Waals surface area contributed by atoms with E-state index in [9.17, 15) is 48.0 Å². The maximum atomic E-state index is 15.4. The number of fused-ring (bicyclic) bond motifs is 2. The van der Waals surface area contributed by atoms with Crippen LogP contribution in [-0.4, -0.2) is 189 Å². The van der Waals surface area contributed by atoms with Crippen molar-refractivity contribution in [3.63, 3.8) is 0 Å². The van der Waals surface area contributed by atoms with E-state index >= 15 is 4.39 Å². The topological polar surface area (TPSA) is 441 Å². The summed E-state index contributed by atoms with van der Waals surface area (Å²) in [6.45, 7) is 13.6. The van der Waals surface area contributed by atoms with E-state index in [4.69, 9.17) is 54.0 Å². The van der Waals surface area contributed by atoms with Crippen molar-refractivity contribution in [1.29, 1.82) is 0 Å². The first-order chi connectivity index (χ1) is 39.8. The number of aromatic nitrogens is 8. The van der Waals surface area contributed by atoms with Crippen LogP contribution in [0.4, 0.5) is 20.7 Å². The molecule has 2 aliphatic rings. The molecule has 2 fully saturated rings.